The molecule has 4 rings (SSSR count). The van der Waals surface area contributed by atoms with Gasteiger partial charge in [0.25, 0.3) is 0 Å². The second kappa shape index (κ2) is 9.71. The van der Waals surface area contributed by atoms with Gasteiger partial charge in [0.2, 0.25) is 10.0 Å². The van der Waals surface area contributed by atoms with Gasteiger partial charge in [0, 0.05) is 29.6 Å². The van der Waals surface area contributed by atoms with Crippen molar-refractivity contribution in [2.45, 2.75) is 43.5 Å². The molecule has 3 aromatic rings. The molecule has 0 spiro atoms. The molecule has 1 aliphatic rings. The fraction of sp³-hybridized carbons (Fsp3) is 0.308. The minimum Gasteiger partial charge on any atom is -0.395 e. The van der Waals surface area contributed by atoms with Gasteiger partial charge in [-0.2, -0.15) is 4.31 Å². The first-order valence-corrected chi connectivity index (χ1v) is 12.5. The number of hydrogen-bond acceptors (Lipinski definition) is 3. The molecule has 3 aromatic carbocycles. The van der Waals surface area contributed by atoms with Crippen LogP contribution in [0.4, 0.5) is 8.78 Å². The molecule has 1 fully saturated rings. The van der Waals surface area contributed by atoms with Crippen LogP contribution in [0.3, 0.4) is 0 Å². The van der Waals surface area contributed by atoms with E-state index in [4.69, 9.17) is 0 Å². The van der Waals surface area contributed by atoms with Gasteiger partial charge >= 0.3 is 0 Å². The van der Waals surface area contributed by atoms with E-state index in [2.05, 4.69) is 0 Å². The summed E-state index contributed by atoms with van der Waals surface area (Å²) in [6, 6.07) is 19.6. The molecule has 33 heavy (non-hydrogen) atoms. The predicted octanol–water partition coefficient (Wildman–Crippen LogP) is 5.14. The number of nitrogens with zero attached hydrogens (tertiary/aromatic N) is 1. The van der Waals surface area contributed by atoms with Gasteiger partial charge in [-0.1, -0.05) is 60.7 Å². The van der Waals surface area contributed by atoms with E-state index in [0.717, 1.165) is 12.1 Å². The average Bonchev–Trinajstić information content (AvgIpc) is 2.81. The molecule has 0 radical (unpaired) electrons. The first kappa shape index (κ1) is 23.5. The Morgan fingerprint density at radius 3 is 2.24 bits per heavy atom. The third-order valence-corrected chi connectivity index (χ3v) is 8.82. The standard InChI is InChI=1S/C26H27F2NO3S/c1-18-12-13-26(20-10-6-3-7-11-20)33(31,32)29(18)16-21-14-25(28)22(15-24(21)27)23(17-30)19-8-4-2-5-9-19/h2-11,14-15,18,23,26,30H,12-13,16-17H2,1H3/t18-,23?,26+/m0/s1. The van der Waals surface area contributed by atoms with Gasteiger partial charge in [0.05, 0.1) is 6.61 Å². The fourth-order valence-electron chi connectivity index (χ4n) is 4.58. The van der Waals surface area contributed by atoms with Crippen LogP contribution in [0, 0.1) is 11.6 Å². The number of halogens is 2. The monoisotopic (exact) mass is 471 g/mol. The Bertz CT molecular complexity index is 1200. The third kappa shape index (κ3) is 4.71. The molecule has 0 bridgehead atoms. The van der Waals surface area contributed by atoms with Gasteiger partial charge in [-0.05, 0) is 43.0 Å². The van der Waals surface area contributed by atoms with E-state index in [1.54, 1.807) is 61.5 Å². The highest BCUT2D eigenvalue weighted by molar-refractivity contribution is 7.89. The highest BCUT2D eigenvalue weighted by Gasteiger charge is 2.40. The lowest BCUT2D eigenvalue weighted by atomic mass is 9.90. The molecular formula is C26H27F2NO3S. The average molecular weight is 472 g/mol. The van der Waals surface area contributed by atoms with Crippen LogP contribution in [0.25, 0.3) is 0 Å². The van der Waals surface area contributed by atoms with Crippen molar-refractivity contribution in [2.24, 2.45) is 0 Å². The number of sulfonamides is 1. The Morgan fingerprint density at radius 1 is 0.970 bits per heavy atom. The maximum atomic E-state index is 15.1. The Labute approximate surface area is 193 Å². The van der Waals surface area contributed by atoms with E-state index in [1.165, 1.54) is 4.31 Å². The summed E-state index contributed by atoms with van der Waals surface area (Å²) >= 11 is 0. The van der Waals surface area contributed by atoms with Crippen molar-refractivity contribution < 1.29 is 22.3 Å². The van der Waals surface area contributed by atoms with Crippen molar-refractivity contribution in [3.8, 4) is 0 Å². The van der Waals surface area contributed by atoms with Gasteiger partial charge in [-0.3, -0.25) is 0 Å². The number of hydrogen-bond donors (Lipinski definition) is 1. The quantitative estimate of drug-likeness (QED) is 0.541. The molecule has 1 N–H and O–H groups in total. The maximum absolute atomic E-state index is 15.1. The largest absolute Gasteiger partial charge is 0.395 e. The minimum absolute atomic E-state index is 0.0230. The van der Waals surface area contributed by atoms with Crippen molar-refractivity contribution in [3.05, 3.63) is 107 Å². The van der Waals surface area contributed by atoms with Crippen LogP contribution in [0.5, 0.6) is 0 Å². The number of rotatable bonds is 6. The highest BCUT2D eigenvalue weighted by Crippen LogP contribution is 2.38. The molecule has 0 aliphatic carbocycles. The van der Waals surface area contributed by atoms with Crippen LogP contribution in [0.15, 0.2) is 72.8 Å². The van der Waals surface area contributed by atoms with E-state index < -0.39 is 32.8 Å². The molecule has 3 atom stereocenters. The van der Waals surface area contributed by atoms with E-state index >= 15 is 8.78 Å². The zero-order valence-corrected chi connectivity index (χ0v) is 19.2. The zero-order chi connectivity index (χ0) is 23.6. The Hall–Kier alpha value is -2.61. The van der Waals surface area contributed by atoms with Crippen molar-refractivity contribution >= 4 is 10.0 Å². The molecule has 0 aromatic heterocycles. The van der Waals surface area contributed by atoms with Crippen molar-refractivity contribution in [3.63, 3.8) is 0 Å². The summed E-state index contributed by atoms with van der Waals surface area (Å²) < 4.78 is 58.3. The molecule has 1 aliphatic heterocycles. The van der Waals surface area contributed by atoms with E-state index in [9.17, 15) is 13.5 Å². The summed E-state index contributed by atoms with van der Waals surface area (Å²) in [4.78, 5) is 0. The first-order chi connectivity index (χ1) is 15.8. The first-order valence-electron chi connectivity index (χ1n) is 11.0. The Kier molecular flexibility index (Phi) is 6.93. The lowest BCUT2D eigenvalue weighted by Crippen LogP contribution is -2.44. The Morgan fingerprint density at radius 2 is 1.61 bits per heavy atom. The van der Waals surface area contributed by atoms with Crippen LogP contribution in [-0.4, -0.2) is 30.5 Å². The van der Waals surface area contributed by atoms with Gasteiger partial charge in [0.15, 0.2) is 0 Å². The second-order valence-corrected chi connectivity index (χ2v) is 10.6. The summed E-state index contributed by atoms with van der Waals surface area (Å²) in [5.41, 5.74) is 1.39. The molecule has 0 amide bonds. The summed E-state index contributed by atoms with van der Waals surface area (Å²) in [5.74, 6) is -2.07. The lowest BCUT2D eigenvalue weighted by molar-refractivity contribution is 0.275. The summed E-state index contributed by atoms with van der Waals surface area (Å²) in [6.07, 6.45) is 1.11. The van der Waals surface area contributed by atoms with Crippen molar-refractivity contribution in [1.29, 1.82) is 0 Å². The maximum Gasteiger partial charge on any atom is 0.221 e. The Balaban J connectivity index is 1.65. The summed E-state index contributed by atoms with van der Waals surface area (Å²) in [5, 5.41) is 9.13. The van der Waals surface area contributed by atoms with Gasteiger partial charge in [-0.25, -0.2) is 17.2 Å². The van der Waals surface area contributed by atoms with Crippen LogP contribution in [-0.2, 0) is 16.6 Å². The fourth-order valence-corrected chi connectivity index (χ4v) is 6.77. The number of aliphatic hydroxyl groups excluding tert-OH is 1. The topological polar surface area (TPSA) is 57.6 Å². The molecule has 1 saturated heterocycles. The molecule has 1 unspecified atom stereocenters. The van der Waals surface area contributed by atoms with Gasteiger partial charge in [0.1, 0.15) is 16.9 Å². The second-order valence-electron chi connectivity index (χ2n) is 8.53. The number of benzene rings is 3. The molecule has 174 valence electrons. The highest BCUT2D eigenvalue weighted by atomic mass is 32.2. The van der Waals surface area contributed by atoms with Crippen molar-refractivity contribution in [2.75, 3.05) is 6.61 Å². The number of aliphatic hydroxyl groups is 1. The van der Waals surface area contributed by atoms with Gasteiger partial charge in [-0.15, -0.1) is 0 Å². The van der Waals surface area contributed by atoms with Crippen LogP contribution >= 0.6 is 0 Å². The smallest absolute Gasteiger partial charge is 0.221 e. The molecular weight excluding hydrogens is 444 g/mol. The summed E-state index contributed by atoms with van der Waals surface area (Å²) in [7, 11) is -3.76. The normalized spacial score (nSPS) is 21.6. The van der Waals surface area contributed by atoms with Crippen LogP contribution < -0.4 is 0 Å². The summed E-state index contributed by atoms with van der Waals surface area (Å²) in [6.45, 7) is 1.17. The SMILES string of the molecule is C[C@H]1CC[C@H](c2ccccc2)S(=O)(=O)N1Cc1cc(F)c(C(CO)c2ccccc2)cc1F. The molecule has 4 nitrogen and oxygen atoms in total. The minimum atomic E-state index is -3.76. The van der Waals surface area contributed by atoms with E-state index in [-0.39, 0.29) is 30.3 Å². The predicted molar refractivity (Wildman–Crippen MR) is 124 cm³/mol. The third-order valence-electron chi connectivity index (χ3n) is 6.45. The van der Waals surface area contributed by atoms with Crippen LogP contribution in [0.2, 0.25) is 0 Å². The molecule has 7 heteroatoms. The van der Waals surface area contributed by atoms with Crippen molar-refractivity contribution in [1.82, 2.24) is 4.31 Å². The molecule has 1 heterocycles. The lowest BCUT2D eigenvalue weighted by Gasteiger charge is -2.37. The molecule has 0 saturated carbocycles. The van der Waals surface area contributed by atoms with Gasteiger partial charge < -0.3 is 5.11 Å². The van der Waals surface area contributed by atoms with E-state index in [0.29, 0.717) is 24.0 Å². The van der Waals surface area contributed by atoms with Crippen LogP contribution in [0.1, 0.15) is 53.2 Å². The zero-order valence-electron chi connectivity index (χ0n) is 18.4. The van der Waals surface area contributed by atoms with E-state index in [1.807, 2.05) is 6.07 Å².